The van der Waals surface area contributed by atoms with Crippen molar-refractivity contribution in [3.63, 3.8) is 0 Å². The second kappa shape index (κ2) is 11.6. The molecule has 2 unspecified atom stereocenters. The quantitative estimate of drug-likeness (QED) is 0.429. The first-order chi connectivity index (χ1) is 19.5. The van der Waals surface area contributed by atoms with Crippen molar-refractivity contribution in [1.82, 2.24) is 4.90 Å². The summed E-state index contributed by atoms with van der Waals surface area (Å²) in [5.41, 5.74) is 5.86. The highest BCUT2D eigenvalue weighted by atomic mass is 16.2. The monoisotopic (exact) mass is 549 g/mol. The lowest BCUT2D eigenvalue weighted by Crippen LogP contribution is -2.48. The van der Waals surface area contributed by atoms with Gasteiger partial charge in [0.05, 0.1) is 12.0 Å². The van der Waals surface area contributed by atoms with Gasteiger partial charge in [-0.05, 0) is 66.1 Å². The maximum Gasteiger partial charge on any atom is 0.251 e. The third-order valence-corrected chi connectivity index (χ3v) is 8.71. The maximum absolute atomic E-state index is 14.5. The fourth-order valence-electron chi connectivity index (χ4n) is 6.35. The van der Waals surface area contributed by atoms with Crippen LogP contribution in [0, 0.1) is 17.8 Å². The predicted molar refractivity (Wildman–Crippen MR) is 169 cm³/mol. The number of piperidine rings is 1. The van der Waals surface area contributed by atoms with Gasteiger partial charge in [-0.3, -0.25) is 9.59 Å². The van der Waals surface area contributed by atoms with E-state index in [1.165, 1.54) is 5.56 Å². The van der Waals surface area contributed by atoms with Crippen LogP contribution < -0.4 is 10.2 Å². The molecule has 2 amide bonds. The van der Waals surface area contributed by atoms with E-state index in [1.807, 2.05) is 44.1 Å². The molecular weight excluding hydrogens is 506 g/mol. The van der Waals surface area contributed by atoms with Crippen molar-refractivity contribution in [2.24, 2.45) is 17.8 Å². The predicted octanol–water partition coefficient (Wildman–Crippen LogP) is 7.21. The van der Waals surface area contributed by atoms with Crippen molar-refractivity contribution in [2.75, 3.05) is 30.9 Å². The number of carbonyl (C=O) groups excluding carboxylic acids is 2. The molecule has 0 bridgehead atoms. The summed E-state index contributed by atoms with van der Waals surface area (Å²) in [7, 11) is 4.03. The number of allylic oxidation sites excluding steroid dienone is 7. The van der Waals surface area contributed by atoms with Gasteiger partial charge >= 0.3 is 0 Å². The number of nitrogens with one attached hydrogen (secondary N) is 1. The van der Waals surface area contributed by atoms with E-state index in [-0.39, 0.29) is 41.0 Å². The van der Waals surface area contributed by atoms with E-state index in [0.29, 0.717) is 6.54 Å². The Kier molecular flexibility index (Phi) is 8.08. The maximum atomic E-state index is 14.5. The summed E-state index contributed by atoms with van der Waals surface area (Å²) < 4.78 is 0. The van der Waals surface area contributed by atoms with E-state index < -0.39 is 0 Å². The van der Waals surface area contributed by atoms with Gasteiger partial charge in [-0.1, -0.05) is 81.5 Å². The van der Waals surface area contributed by atoms with Crippen molar-refractivity contribution >= 4 is 23.2 Å². The molecule has 5 rings (SSSR count). The first kappa shape index (κ1) is 28.7. The molecule has 1 aliphatic heterocycles. The molecule has 1 saturated heterocycles. The second-order valence-electron chi connectivity index (χ2n) is 12.8. The number of anilines is 2. The average Bonchev–Trinajstić information content (AvgIpc) is 2.96. The van der Waals surface area contributed by atoms with Gasteiger partial charge in [0.2, 0.25) is 5.91 Å². The molecule has 1 fully saturated rings. The Morgan fingerprint density at radius 2 is 1.71 bits per heavy atom. The van der Waals surface area contributed by atoms with E-state index in [1.54, 1.807) is 0 Å². The van der Waals surface area contributed by atoms with E-state index >= 15 is 0 Å². The first-order valence-electron chi connectivity index (χ1n) is 14.8. The molecule has 2 aromatic rings. The smallest absolute Gasteiger partial charge is 0.251 e. The zero-order valence-corrected chi connectivity index (χ0v) is 25.2. The van der Waals surface area contributed by atoms with Crippen LogP contribution in [0.3, 0.4) is 0 Å². The number of carbonyl (C=O) groups is 2. The summed E-state index contributed by atoms with van der Waals surface area (Å²) >= 11 is 0. The lowest BCUT2D eigenvalue weighted by atomic mass is 9.75. The molecule has 214 valence electrons. The minimum atomic E-state index is -0.367. The number of benzene rings is 2. The summed E-state index contributed by atoms with van der Waals surface area (Å²) in [6.07, 6.45) is 14.2. The van der Waals surface area contributed by atoms with Gasteiger partial charge in [-0.15, -0.1) is 0 Å². The van der Waals surface area contributed by atoms with Crippen LogP contribution >= 0.6 is 0 Å². The molecule has 0 aromatic heterocycles. The molecule has 0 radical (unpaired) electrons. The van der Waals surface area contributed by atoms with Crippen LogP contribution in [-0.4, -0.2) is 37.4 Å². The fourth-order valence-corrected chi connectivity index (χ4v) is 6.35. The van der Waals surface area contributed by atoms with Gasteiger partial charge in [-0.25, -0.2) is 0 Å². The normalized spacial score (nSPS) is 23.8. The first-order valence-corrected chi connectivity index (χ1v) is 14.8. The molecule has 5 heteroatoms. The highest BCUT2D eigenvalue weighted by Crippen LogP contribution is 2.42. The summed E-state index contributed by atoms with van der Waals surface area (Å²) in [4.78, 5) is 32.6. The van der Waals surface area contributed by atoms with Gasteiger partial charge in [-0.2, -0.15) is 0 Å². The van der Waals surface area contributed by atoms with Gasteiger partial charge in [0.25, 0.3) is 5.91 Å². The second-order valence-corrected chi connectivity index (χ2v) is 12.8. The SMILES string of the molecule is CC1=C(C(=O)N2CCC[C@H](C(=O)Nc3cccc(C(C)(C)C)c3)[C@@H]2c2ccc(N(C)C)cc2)C2C=CC=CC2C=C1. The van der Waals surface area contributed by atoms with E-state index in [9.17, 15) is 9.59 Å². The highest BCUT2D eigenvalue weighted by Gasteiger charge is 2.42. The summed E-state index contributed by atoms with van der Waals surface area (Å²) in [6, 6.07) is 16.1. The lowest BCUT2D eigenvalue weighted by molar-refractivity contribution is -0.136. The molecule has 4 atom stereocenters. The minimum absolute atomic E-state index is 0.0172. The topological polar surface area (TPSA) is 52.7 Å². The molecule has 0 spiro atoms. The van der Waals surface area contributed by atoms with Gasteiger partial charge in [0.1, 0.15) is 0 Å². The Morgan fingerprint density at radius 3 is 2.41 bits per heavy atom. The summed E-state index contributed by atoms with van der Waals surface area (Å²) in [6.45, 7) is 9.17. The summed E-state index contributed by atoms with van der Waals surface area (Å²) in [5.74, 6) is -0.171. The summed E-state index contributed by atoms with van der Waals surface area (Å²) in [5, 5.41) is 3.22. The Hall–Kier alpha value is -3.86. The van der Waals surface area contributed by atoms with Crippen molar-refractivity contribution < 1.29 is 9.59 Å². The largest absolute Gasteiger partial charge is 0.378 e. The number of nitrogens with zero attached hydrogens (tertiary/aromatic N) is 2. The Labute approximate surface area is 245 Å². The van der Waals surface area contributed by atoms with Crippen LogP contribution in [0.4, 0.5) is 11.4 Å². The third-order valence-electron chi connectivity index (χ3n) is 8.71. The van der Waals surface area contributed by atoms with Gasteiger partial charge in [0.15, 0.2) is 0 Å². The standard InChI is InChI=1S/C36H43N3O2/c1-24-16-17-25-11-7-8-14-30(25)32(24)35(41)39-22-10-15-31(33(39)26-18-20-29(21-19-26)38(5)6)34(40)37-28-13-9-12-27(23-28)36(2,3)4/h7-9,11-14,16-21,23,25,30-31,33H,10,15,22H2,1-6H3,(H,37,40)/t25?,30?,31-,33-/m0/s1. The van der Waals surface area contributed by atoms with Crippen LogP contribution in [0.2, 0.25) is 0 Å². The van der Waals surface area contributed by atoms with Crippen LogP contribution in [-0.2, 0) is 15.0 Å². The van der Waals surface area contributed by atoms with E-state index in [0.717, 1.165) is 40.9 Å². The molecule has 2 aliphatic carbocycles. The number of amides is 2. The molecule has 0 saturated carbocycles. The molecule has 5 nitrogen and oxygen atoms in total. The van der Waals surface area contributed by atoms with Crippen LogP contribution in [0.5, 0.6) is 0 Å². The number of likely N-dealkylation sites (tertiary alicyclic amines) is 1. The van der Waals surface area contributed by atoms with E-state index in [4.69, 9.17) is 0 Å². The Balaban J connectivity index is 1.51. The molecule has 1 heterocycles. The van der Waals surface area contributed by atoms with Crippen molar-refractivity contribution in [1.29, 1.82) is 0 Å². The van der Waals surface area contributed by atoms with Gasteiger partial charge < -0.3 is 15.1 Å². The van der Waals surface area contributed by atoms with Crippen molar-refractivity contribution in [3.8, 4) is 0 Å². The van der Waals surface area contributed by atoms with Gasteiger partial charge in [0, 0.05) is 49.4 Å². The number of fused-ring (bicyclic) bond motifs is 1. The number of rotatable bonds is 5. The number of hydrogen-bond donors (Lipinski definition) is 1. The molecular formula is C36H43N3O2. The lowest BCUT2D eigenvalue weighted by Gasteiger charge is -2.43. The average molecular weight is 550 g/mol. The Morgan fingerprint density at radius 1 is 0.976 bits per heavy atom. The molecule has 41 heavy (non-hydrogen) atoms. The zero-order valence-electron chi connectivity index (χ0n) is 25.2. The highest BCUT2D eigenvalue weighted by molar-refractivity contribution is 5.98. The minimum Gasteiger partial charge on any atom is -0.378 e. The number of hydrogen-bond acceptors (Lipinski definition) is 3. The van der Waals surface area contributed by atoms with Crippen LogP contribution in [0.25, 0.3) is 0 Å². The Bertz CT molecular complexity index is 1420. The van der Waals surface area contributed by atoms with Crippen molar-refractivity contribution in [2.45, 2.75) is 52.0 Å². The molecule has 2 aromatic carbocycles. The van der Waals surface area contributed by atoms with Crippen molar-refractivity contribution in [3.05, 3.63) is 107 Å². The van der Waals surface area contributed by atoms with E-state index in [2.05, 4.69) is 97.8 Å². The zero-order chi connectivity index (χ0) is 29.3. The van der Waals surface area contributed by atoms with Crippen LogP contribution in [0.15, 0.2) is 96.1 Å². The third kappa shape index (κ3) is 5.95. The molecule has 1 N–H and O–H groups in total. The fraction of sp³-hybridized carbons (Fsp3) is 0.389. The van der Waals surface area contributed by atoms with Crippen LogP contribution in [0.1, 0.15) is 57.7 Å². The molecule has 3 aliphatic rings.